The van der Waals surface area contributed by atoms with Crippen LogP contribution in [0.4, 0.5) is 39.5 Å². The van der Waals surface area contributed by atoms with Crippen LogP contribution in [0.2, 0.25) is 0 Å². The van der Waals surface area contributed by atoms with Gasteiger partial charge in [0.2, 0.25) is 6.54 Å². The Labute approximate surface area is 97.5 Å². The fourth-order valence-corrected chi connectivity index (χ4v) is 0.852. The van der Waals surface area contributed by atoms with Crippen LogP contribution >= 0.6 is 0 Å². The molecule has 0 aromatic heterocycles. The molecule has 0 aliphatic carbocycles. The van der Waals surface area contributed by atoms with Crippen molar-refractivity contribution in [3.05, 3.63) is 10.1 Å². The Balaban J connectivity index is 5.56. The van der Waals surface area contributed by atoms with Gasteiger partial charge in [0, 0.05) is 4.92 Å². The summed E-state index contributed by atoms with van der Waals surface area (Å²) in [7, 11) is 0. The highest BCUT2D eigenvalue weighted by Crippen LogP contribution is 2.53. The van der Waals surface area contributed by atoms with Crippen molar-refractivity contribution in [1.29, 1.82) is 0 Å². The Kier molecular flexibility index (Phi) is 4.37. The summed E-state index contributed by atoms with van der Waals surface area (Å²) in [4.78, 5) is 7.91. The smallest absolute Gasteiger partial charge is 0.380 e. The lowest BCUT2D eigenvalue weighted by Gasteiger charge is -2.34. The van der Waals surface area contributed by atoms with Crippen molar-refractivity contribution in [1.82, 2.24) is 0 Å². The van der Waals surface area contributed by atoms with Crippen LogP contribution in [-0.2, 0) is 0 Å². The summed E-state index contributed by atoms with van der Waals surface area (Å²) in [6.07, 6.45) is -11.1. The van der Waals surface area contributed by atoms with Crippen molar-refractivity contribution in [2.75, 3.05) is 6.54 Å². The average Bonchev–Trinajstić information content (AvgIpc) is 2.13. The van der Waals surface area contributed by atoms with Gasteiger partial charge in [0.05, 0.1) is 0 Å². The van der Waals surface area contributed by atoms with Crippen molar-refractivity contribution >= 4 is 0 Å². The Morgan fingerprint density at radius 2 is 1.32 bits per heavy atom. The molecule has 0 saturated carbocycles. The molecular weight excluding hydrogens is 305 g/mol. The van der Waals surface area contributed by atoms with Crippen molar-refractivity contribution in [2.45, 2.75) is 30.0 Å². The fourth-order valence-electron chi connectivity index (χ4n) is 0.852. The van der Waals surface area contributed by atoms with Crippen molar-refractivity contribution in [3.8, 4) is 0 Å². The molecule has 0 heterocycles. The Hall–Kier alpha value is -1.27. The molecule has 0 fully saturated rings. The number of hydrogen-bond donors (Lipinski definition) is 1. The first kappa shape index (κ1) is 17.7. The number of nitro groups is 1. The summed E-state index contributed by atoms with van der Waals surface area (Å²) in [5.41, 5.74) is 0. The summed E-state index contributed by atoms with van der Waals surface area (Å²) in [5, 5.41) is 18.0. The molecule has 0 aromatic rings. The number of halogens is 9. The lowest BCUT2D eigenvalue weighted by Crippen LogP contribution is -2.65. The third-order valence-electron chi connectivity index (χ3n) is 1.91. The summed E-state index contributed by atoms with van der Waals surface area (Å²) >= 11 is 0. The van der Waals surface area contributed by atoms with E-state index in [1.807, 2.05) is 0 Å². The lowest BCUT2D eigenvalue weighted by molar-refractivity contribution is -0.505. The molecule has 0 spiro atoms. The molecule has 0 bridgehead atoms. The summed E-state index contributed by atoms with van der Waals surface area (Å²) < 4.78 is 110. The molecule has 19 heavy (non-hydrogen) atoms. The molecule has 0 aliphatic rings. The maximum Gasteiger partial charge on any atom is 0.460 e. The van der Waals surface area contributed by atoms with Crippen LogP contribution in [0, 0.1) is 10.1 Å². The Morgan fingerprint density at radius 1 is 0.947 bits per heavy atom. The summed E-state index contributed by atoms with van der Waals surface area (Å²) in [6.45, 7) is -2.34. The topological polar surface area (TPSA) is 63.4 Å². The van der Waals surface area contributed by atoms with Gasteiger partial charge in [0.15, 0.2) is 6.10 Å². The number of aliphatic hydroxyl groups excluding tert-OH is 1. The van der Waals surface area contributed by atoms with Gasteiger partial charge < -0.3 is 5.11 Å². The van der Waals surface area contributed by atoms with Gasteiger partial charge in [-0.1, -0.05) is 0 Å². The lowest BCUT2D eigenvalue weighted by atomic mass is 9.99. The van der Waals surface area contributed by atoms with Crippen LogP contribution in [0.1, 0.15) is 0 Å². The largest absolute Gasteiger partial charge is 0.460 e. The van der Waals surface area contributed by atoms with E-state index in [9.17, 15) is 49.6 Å². The van der Waals surface area contributed by atoms with Gasteiger partial charge in [-0.25, -0.2) is 0 Å². The minimum absolute atomic E-state index is 1.78. The van der Waals surface area contributed by atoms with E-state index in [0.717, 1.165) is 0 Å². The monoisotopic (exact) mass is 309 g/mol. The van der Waals surface area contributed by atoms with Crippen LogP contribution in [0.5, 0.6) is 0 Å². The number of alkyl halides is 9. The van der Waals surface area contributed by atoms with E-state index in [2.05, 4.69) is 0 Å². The highest BCUT2D eigenvalue weighted by atomic mass is 19.4. The van der Waals surface area contributed by atoms with Crippen molar-refractivity contribution < 1.29 is 49.5 Å². The number of aliphatic hydroxyl groups is 1. The Morgan fingerprint density at radius 3 is 1.58 bits per heavy atom. The second-order valence-corrected chi connectivity index (χ2v) is 3.30. The van der Waals surface area contributed by atoms with E-state index >= 15 is 0 Å². The number of hydrogen-bond acceptors (Lipinski definition) is 3. The predicted octanol–water partition coefficient (Wildman–Crippen LogP) is 2.09. The molecule has 0 radical (unpaired) electrons. The predicted molar refractivity (Wildman–Crippen MR) is 38.8 cm³/mol. The normalized spacial score (nSPS) is 16.3. The first-order valence-corrected chi connectivity index (χ1v) is 4.09. The molecule has 0 saturated heterocycles. The molecule has 0 aromatic carbocycles. The van der Waals surface area contributed by atoms with Crippen LogP contribution in [0.15, 0.2) is 0 Å². The minimum atomic E-state index is -7.18. The molecule has 1 N–H and O–H groups in total. The van der Waals surface area contributed by atoms with Gasteiger partial charge >= 0.3 is 23.9 Å². The van der Waals surface area contributed by atoms with Crippen LogP contribution in [0.25, 0.3) is 0 Å². The van der Waals surface area contributed by atoms with Crippen LogP contribution in [-0.4, -0.2) is 46.6 Å². The molecule has 13 heteroatoms. The zero-order chi connectivity index (χ0) is 15.9. The molecule has 0 rings (SSSR count). The van der Waals surface area contributed by atoms with Gasteiger partial charge in [0.25, 0.3) is 0 Å². The van der Waals surface area contributed by atoms with Crippen molar-refractivity contribution in [3.63, 3.8) is 0 Å². The first-order chi connectivity index (χ1) is 8.09. The van der Waals surface area contributed by atoms with Gasteiger partial charge in [-0.15, -0.1) is 0 Å². The van der Waals surface area contributed by atoms with E-state index in [1.165, 1.54) is 0 Å². The van der Waals surface area contributed by atoms with Crippen molar-refractivity contribution in [2.24, 2.45) is 0 Å². The average molecular weight is 309 g/mol. The molecule has 114 valence electrons. The fraction of sp³-hybridized carbons (Fsp3) is 1.00. The second kappa shape index (κ2) is 4.68. The van der Waals surface area contributed by atoms with E-state index in [0.29, 0.717) is 0 Å². The Bertz CT molecular complexity index is 352. The quantitative estimate of drug-likeness (QED) is 0.480. The van der Waals surface area contributed by atoms with Gasteiger partial charge in [-0.05, 0) is 0 Å². The molecule has 0 amide bonds. The van der Waals surface area contributed by atoms with Crippen LogP contribution in [0.3, 0.4) is 0 Å². The zero-order valence-electron chi connectivity index (χ0n) is 8.40. The van der Waals surface area contributed by atoms with E-state index in [1.54, 1.807) is 0 Å². The molecule has 0 aliphatic heterocycles. The van der Waals surface area contributed by atoms with E-state index in [4.69, 9.17) is 5.11 Å². The SMILES string of the molecule is O=[N+]([O-])C[C@H](O)C(F)(F)C(F)(F)C(F)(F)C(F)(F)F. The number of rotatable bonds is 5. The molecule has 1 atom stereocenters. The highest BCUT2D eigenvalue weighted by molar-refractivity contribution is 5.03. The maximum absolute atomic E-state index is 12.7. The third kappa shape index (κ3) is 2.84. The third-order valence-corrected chi connectivity index (χ3v) is 1.91. The molecular formula is C6H4F9NO3. The van der Waals surface area contributed by atoms with Gasteiger partial charge in [-0.3, -0.25) is 10.1 Å². The van der Waals surface area contributed by atoms with Gasteiger partial charge in [0.1, 0.15) is 0 Å². The highest BCUT2D eigenvalue weighted by Gasteiger charge is 2.83. The van der Waals surface area contributed by atoms with E-state index in [-0.39, 0.29) is 0 Å². The van der Waals surface area contributed by atoms with Gasteiger partial charge in [-0.2, -0.15) is 39.5 Å². The number of nitrogens with zero attached hydrogens (tertiary/aromatic N) is 1. The van der Waals surface area contributed by atoms with Crippen LogP contribution < -0.4 is 0 Å². The minimum Gasteiger partial charge on any atom is -0.380 e. The standard InChI is InChI=1S/C6H4F9NO3/c7-3(8,2(17)1-16(18)19)4(9,10)5(11,12)6(13,14)15/h2,17H,1H2/t2-/m0/s1. The molecule has 4 nitrogen and oxygen atoms in total. The maximum atomic E-state index is 12.7. The molecule has 0 unspecified atom stereocenters. The second-order valence-electron chi connectivity index (χ2n) is 3.30. The summed E-state index contributed by atoms with van der Waals surface area (Å²) in [6, 6.07) is 0. The summed E-state index contributed by atoms with van der Waals surface area (Å²) in [5.74, 6) is -20.6. The van der Waals surface area contributed by atoms with E-state index < -0.39 is 41.5 Å². The zero-order valence-corrected chi connectivity index (χ0v) is 8.40. The first-order valence-electron chi connectivity index (χ1n) is 4.09.